The Balaban J connectivity index is 1.26. The van der Waals surface area contributed by atoms with Crippen LogP contribution in [-0.2, 0) is 18.8 Å². The predicted molar refractivity (Wildman–Crippen MR) is 144 cm³/mol. The molecule has 38 heavy (non-hydrogen) atoms. The third-order valence-electron chi connectivity index (χ3n) is 6.35. The Kier molecular flexibility index (Phi) is 7.20. The number of aryl methyl sites for hydroxylation is 3. The minimum atomic E-state index is -0.171. The number of nitrogens with zero attached hydrogens (tertiary/aromatic N) is 8. The summed E-state index contributed by atoms with van der Waals surface area (Å²) in [6.45, 7) is 9.07. The summed E-state index contributed by atoms with van der Waals surface area (Å²) in [5.41, 5.74) is 3.35. The summed E-state index contributed by atoms with van der Waals surface area (Å²) in [4.78, 5) is 28.6. The standard InChI is InChI=1S/C25H33N11O2/c1-15-12-36(13-16(2)38-15)7-6-26-24(37)18-8-21(17(3)27-9-18)31-22-20-11-28-25(32-23(20)35(5)33-22)30-19-10-29-34(4)14-19/h8-11,14-16H,6-7,12-13H2,1-5H3,(H,26,37)(H,31,33)(H,28,30,32)/t15-,16-/m0/s1. The van der Waals surface area contributed by atoms with Crippen LogP contribution >= 0.6 is 0 Å². The van der Waals surface area contributed by atoms with E-state index in [-0.39, 0.29) is 18.1 Å². The van der Waals surface area contributed by atoms with Crippen molar-refractivity contribution in [1.82, 2.24) is 44.7 Å². The molecule has 0 saturated carbocycles. The maximum Gasteiger partial charge on any atom is 0.252 e. The Labute approximate surface area is 220 Å². The molecule has 0 aromatic carbocycles. The van der Waals surface area contributed by atoms with Gasteiger partial charge in [-0.3, -0.25) is 19.4 Å². The number of rotatable bonds is 8. The quantitative estimate of drug-likeness (QED) is 0.317. The van der Waals surface area contributed by atoms with Crippen molar-refractivity contribution in [3.05, 3.63) is 42.1 Å². The first-order chi connectivity index (χ1) is 18.2. The highest BCUT2D eigenvalue weighted by atomic mass is 16.5. The summed E-state index contributed by atoms with van der Waals surface area (Å²) in [6.07, 6.45) is 7.23. The first-order valence-corrected chi connectivity index (χ1v) is 12.6. The van der Waals surface area contributed by atoms with Gasteiger partial charge in [0.2, 0.25) is 5.95 Å². The summed E-state index contributed by atoms with van der Waals surface area (Å²) in [5, 5.41) is 18.9. The van der Waals surface area contributed by atoms with Gasteiger partial charge < -0.3 is 20.7 Å². The monoisotopic (exact) mass is 519 g/mol. The lowest BCUT2D eigenvalue weighted by atomic mass is 10.2. The molecule has 1 amide bonds. The second-order valence-electron chi connectivity index (χ2n) is 9.69. The zero-order valence-electron chi connectivity index (χ0n) is 22.3. The smallest absolute Gasteiger partial charge is 0.252 e. The van der Waals surface area contributed by atoms with E-state index in [4.69, 9.17) is 4.74 Å². The molecule has 4 aromatic heterocycles. The predicted octanol–water partition coefficient (Wildman–Crippen LogP) is 2.13. The second kappa shape index (κ2) is 10.7. The van der Waals surface area contributed by atoms with Crippen molar-refractivity contribution in [2.45, 2.75) is 33.0 Å². The molecule has 0 spiro atoms. The Hall–Kier alpha value is -4.10. The van der Waals surface area contributed by atoms with Gasteiger partial charge in [0.05, 0.1) is 46.4 Å². The van der Waals surface area contributed by atoms with Crippen molar-refractivity contribution in [1.29, 1.82) is 0 Å². The highest BCUT2D eigenvalue weighted by Crippen LogP contribution is 2.27. The molecule has 5 rings (SSSR count). The van der Waals surface area contributed by atoms with Gasteiger partial charge in [-0.1, -0.05) is 0 Å². The summed E-state index contributed by atoms with van der Waals surface area (Å²) >= 11 is 0. The number of ether oxygens (including phenoxy) is 1. The maximum absolute atomic E-state index is 12.9. The maximum atomic E-state index is 12.9. The molecule has 1 aliphatic rings. The van der Waals surface area contributed by atoms with E-state index in [1.807, 2.05) is 27.2 Å². The Morgan fingerprint density at radius 3 is 2.63 bits per heavy atom. The van der Waals surface area contributed by atoms with Crippen LogP contribution in [0.2, 0.25) is 0 Å². The highest BCUT2D eigenvalue weighted by molar-refractivity contribution is 5.96. The summed E-state index contributed by atoms with van der Waals surface area (Å²) in [7, 11) is 3.66. The molecule has 13 heteroatoms. The normalized spacial score (nSPS) is 18.0. The minimum Gasteiger partial charge on any atom is -0.373 e. The van der Waals surface area contributed by atoms with Crippen LogP contribution in [0, 0.1) is 6.92 Å². The zero-order valence-corrected chi connectivity index (χ0v) is 22.3. The van der Waals surface area contributed by atoms with E-state index in [1.54, 1.807) is 34.0 Å². The molecule has 1 saturated heterocycles. The van der Waals surface area contributed by atoms with Gasteiger partial charge in [0.1, 0.15) is 0 Å². The van der Waals surface area contributed by atoms with Crippen molar-refractivity contribution >= 4 is 40.1 Å². The fourth-order valence-electron chi connectivity index (χ4n) is 4.61. The Bertz CT molecular complexity index is 1440. The van der Waals surface area contributed by atoms with Crippen LogP contribution in [0.1, 0.15) is 29.9 Å². The van der Waals surface area contributed by atoms with Crippen molar-refractivity contribution in [2.24, 2.45) is 14.1 Å². The number of hydrogen-bond acceptors (Lipinski definition) is 10. The van der Waals surface area contributed by atoms with Crippen LogP contribution in [0.15, 0.2) is 30.9 Å². The number of anilines is 4. The molecule has 5 heterocycles. The number of pyridine rings is 1. The zero-order chi connectivity index (χ0) is 26.8. The molecule has 1 aliphatic heterocycles. The van der Waals surface area contributed by atoms with Crippen LogP contribution in [0.3, 0.4) is 0 Å². The molecule has 200 valence electrons. The van der Waals surface area contributed by atoms with Crippen molar-refractivity contribution in [2.75, 3.05) is 36.8 Å². The van der Waals surface area contributed by atoms with Gasteiger partial charge in [-0.2, -0.15) is 15.2 Å². The Morgan fingerprint density at radius 1 is 1.11 bits per heavy atom. The summed E-state index contributed by atoms with van der Waals surface area (Å²) in [6, 6.07) is 1.79. The lowest BCUT2D eigenvalue weighted by Crippen LogP contribution is -2.47. The van der Waals surface area contributed by atoms with E-state index in [2.05, 4.69) is 59.8 Å². The topological polar surface area (TPSA) is 140 Å². The van der Waals surface area contributed by atoms with Crippen LogP contribution in [0.4, 0.5) is 23.1 Å². The number of amides is 1. The van der Waals surface area contributed by atoms with Crippen molar-refractivity contribution in [3.8, 4) is 0 Å². The molecule has 3 N–H and O–H groups in total. The fraction of sp³-hybridized carbons (Fsp3) is 0.440. The van der Waals surface area contributed by atoms with Crippen LogP contribution in [0.25, 0.3) is 11.0 Å². The van der Waals surface area contributed by atoms with Crippen LogP contribution in [-0.4, -0.2) is 83.7 Å². The number of aromatic nitrogens is 7. The third-order valence-corrected chi connectivity index (χ3v) is 6.35. The summed E-state index contributed by atoms with van der Waals surface area (Å²) < 4.78 is 9.16. The van der Waals surface area contributed by atoms with Gasteiger partial charge in [-0.25, -0.2) is 9.67 Å². The first kappa shape index (κ1) is 25.5. The SMILES string of the molecule is Cc1ncc(C(=O)NCCN2C[C@H](C)O[C@@H](C)C2)cc1Nc1nn(C)c2nc(Nc3cnn(C)c3)ncc12. The van der Waals surface area contributed by atoms with Crippen LogP contribution < -0.4 is 16.0 Å². The summed E-state index contributed by atoms with van der Waals surface area (Å²) in [5.74, 6) is 0.848. The van der Waals surface area contributed by atoms with Crippen molar-refractivity contribution in [3.63, 3.8) is 0 Å². The molecular formula is C25H33N11O2. The van der Waals surface area contributed by atoms with Gasteiger partial charge in [0, 0.05) is 58.9 Å². The molecule has 4 aromatic rings. The van der Waals surface area contributed by atoms with Crippen molar-refractivity contribution < 1.29 is 9.53 Å². The van der Waals surface area contributed by atoms with E-state index in [1.165, 1.54) is 0 Å². The van der Waals surface area contributed by atoms with E-state index >= 15 is 0 Å². The number of morpholine rings is 1. The molecule has 1 fully saturated rings. The first-order valence-electron chi connectivity index (χ1n) is 12.6. The van der Waals surface area contributed by atoms with Gasteiger partial charge in [-0.05, 0) is 26.8 Å². The number of carbonyl (C=O) groups excluding carboxylic acids is 1. The molecule has 0 aliphatic carbocycles. The van der Waals surface area contributed by atoms with Gasteiger partial charge >= 0.3 is 0 Å². The molecular weight excluding hydrogens is 486 g/mol. The highest BCUT2D eigenvalue weighted by Gasteiger charge is 2.22. The van der Waals surface area contributed by atoms with Gasteiger partial charge in [0.25, 0.3) is 5.91 Å². The lowest BCUT2D eigenvalue weighted by Gasteiger charge is -2.35. The second-order valence-corrected chi connectivity index (χ2v) is 9.69. The molecule has 13 nitrogen and oxygen atoms in total. The molecule has 2 atom stereocenters. The largest absolute Gasteiger partial charge is 0.373 e. The van der Waals surface area contributed by atoms with Gasteiger partial charge in [-0.15, -0.1) is 0 Å². The van der Waals surface area contributed by atoms with Crippen LogP contribution in [0.5, 0.6) is 0 Å². The average molecular weight is 520 g/mol. The number of hydrogen-bond donors (Lipinski definition) is 3. The number of carbonyl (C=O) groups is 1. The Morgan fingerprint density at radius 2 is 1.89 bits per heavy atom. The van der Waals surface area contributed by atoms with E-state index in [0.717, 1.165) is 36.4 Å². The van der Waals surface area contributed by atoms with E-state index in [9.17, 15) is 4.79 Å². The molecule has 0 radical (unpaired) electrons. The van der Waals surface area contributed by atoms with E-state index in [0.29, 0.717) is 35.2 Å². The fourth-order valence-corrected chi connectivity index (χ4v) is 4.61. The van der Waals surface area contributed by atoms with Gasteiger partial charge in [0.15, 0.2) is 11.5 Å². The molecule has 0 bridgehead atoms. The van der Waals surface area contributed by atoms with E-state index < -0.39 is 0 Å². The number of nitrogens with one attached hydrogen (secondary N) is 3. The lowest BCUT2D eigenvalue weighted by molar-refractivity contribution is -0.0672. The third kappa shape index (κ3) is 5.73. The average Bonchev–Trinajstić information content (AvgIpc) is 3.41. The molecule has 0 unspecified atom stereocenters. The number of fused-ring (bicyclic) bond motifs is 1. The minimum absolute atomic E-state index is 0.171.